The van der Waals surface area contributed by atoms with Crippen LogP contribution < -0.4 is 5.32 Å². The van der Waals surface area contributed by atoms with Gasteiger partial charge >= 0.3 is 5.97 Å². The number of rotatable bonds is 2. The Morgan fingerprint density at radius 2 is 2.27 bits per heavy atom. The maximum atomic E-state index is 12.3. The maximum Gasteiger partial charge on any atom is 0.334 e. The van der Waals surface area contributed by atoms with E-state index in [1.165, 1.54) is 0 Å². The number of aldehydes is 1. The Labute approximate surface area is 175 Å². The smallest absolute Gasteiger partial charge is 0.334 e. The zero-order valence-corrected chi connectivity index (χ0v) is 17.3. The van der Waals surface area contributed by atoms with Crippen LogP contribution in [0.2, 0.25) is 0 Å². The molecule has 0 aromatic rings. The Hall–Kier alpha value is -2.59. The molecule has 2 saturated carbocycles. The first-order valence-electron chi connectivity index (χ1n) is 10.6. The SMILES string of the molecule is CN=C1NCC#C[C@@H]2C[C@@H](C)[C@@]34C[C@](O)(C=O)C(C(=O)O)=C3C[C@@H]2[C@]42CC=CN1C2. The first-order valence-corrected chi connectivity index (χ1v) is 10.6. The molecule has 5 bridgehead atoms. The van der Waals surface area contributed by atoms with Gasteiger partial charge in [-0.3, -0.25) is 9.79 Å². The number of allylic oxidation sites excluding steroid dienone is 2. The molecule has 0 saturated heterocycles. The first kappa shape index (κ1) is 19.4. The highest BCUT2D eigenvalue weighted by atomic mass is 16.4. The molecule has 5 rings (SSSR count). The number of aliphatic carboxylic acids is 1. The van der Waals surface area contributed by atoms with Crippen LogP contribution in [-0.2, 0) is 9.59 Å². The summed E-state index contributed by atoms with van der Waals surface area (Å²) in [6, 6.07) is 0. The standard InChI is InChI=1S/C23H27N3O4/c1-14-9-15-5-3-7-25-20(24-2)26-8-4-6-21(12-26)16(15)10-17-18(19(28)29)22(30,13-27)11-23(14,17)21/h4,8,13-16,30H,6-7,9-12H2,1-2H3,(H,24,25)(H,28,29)/t14-,15-,16+,21-,22+,23+/m1/s1. The lowest BCUT2D eigenvalue weighted by atomic mass is 9.47. The summed E-state index contributed by atoms with van der Waals surface area (Å²) in [7, 11) is 1.74. The first-order chi connectivity index (χ1) is 14.3. The van der Waals surface area contributed by atoms with E-state index < -0.39 is 17.0 Å². The van der Waals surface area contributed by atoms with Crippen LogP contribution in [-0.4, -0.2) is 59.1 Å². The van der Waals surface area contributed by atoms with Crippen molar-refractivity contribution in [3.63, 3.8) is 0 Å². The van der Waals surface area contributed by atoms with Crippen molar-refractivity contribution in [2.45, 2.75) is 38.2 Å². The average Bonchev–Trinajstić information content (AvgIpc) is 3.08. The fourth-order valence-electron chi connectivity index (χ4n) is 7.59. The average molecular weight is 409 g/mol. The third kappa shape index (κ3) is 2.12. The largest absolute Gasteiger partial charge is 0.478 e. The van der Waals surface area contributed by atoms with Gasteiger partial charge in [-0.05, 0) is 43.1 Å². The normalized spacial score (nSPS) is 44.8. The molecule has 6 atom stereocenters. The highest BCUT2D eigenvalue weighted by Crippen LogP contribution is 2.76. The van der Waals surface area contributed by atoms with Crippen LogP contribution >= 0.6 is 0 Å². The number of hydrogen-bond donors (Lipinski definition) is 3. The van der Waals surface area contributed by atoms with E-state index >= 15 is 0 Å². The number of carbonyl (C=O) groups is 2. The van der Waals surface area contributed by atoms with E-state index in [0.717, 1.165) is 24.4 Å². The highest BCUT2D eigenvalue weighted by molar-refractivity contribution is 5.98. The van der Waals surface area contributed by atoms with Gasteiger partial charge in [-0.25, -0.2) is 4.79 Å². The van der Waals surface area contributed by atoms with Crippen molar-refractivity contribution in [3.8, 4) is 11.8 Å². The highest BCUT2D eigenvalue weighted by Gasteiger charge is 2.74. The number of nitrogens with zero attached hydrogens (tertiary/aromatic N) is 2. The van der Waals surface area contributed by atoms with Crippen molar-refractivity contribution >= 4 is 18.2 Å². The van der Waals surface area contributed by atoms with E-state index in [1.807, 2.05) is 6.20 Å². The maximum absolute atomic E-state index is 12.3. The molecule has 0 amide bonds. The van der Waals surface area contributed by atoms with Crippen molar-refractivity contribution in [2.24, 2.45) is 33.6 Å². The minimum atomic E-state index is -1.94. The molecule has 7 nitrogen and oxygen atoms in total. The number of guanidine groups is 1. The van der Waals surface area contributed by atoms with Crippen LogP contribution in [0.4, 0.5) is 0 Å². The van der Waals surface area contributed by atoms with Crippen molar-refractivity contribution in [1.82, 2.24) is 10.2 Å². The fourth-order valence-corrected chi connectivity index (χ4v) is 7.59. The fraction of sp³-hybridized carbons (Fsp3) is 0.609. The molecule has 3 N–H and O–H groups in total. The number of hydrogen-bond acceptors (Lipinski definition) is 4. The summed E-state index contributed by atoms with van der Waals surface area (Å²) < 4.78 is 0. The lowest BCUT2D eigenvalue weighted by Gasteiger charge is -2.59. The van der Waals surface area contributed by atoms with Gasteiger partial charge < -0.3 is 20.4 Å². The molecule has 0 unspecified atom stereocenters. The van der Waals surface area contributed by atoms with E-state index in [0.29, 0.717) is 25.8 Å². The molecule has 0 aromatic carbocycles. The lowest BCUT2D eigenvalue weighted by Crippen LogP contribution is -2.60. The molecular formula is C23H27N3O4. The molecule has 158 valence electrons. The van der Waals surface area contributed by atoms with Crippen LogP contribution in [0.1, 0.15) is 32.6 Å². The van der Waals surface area contributed by atoms with Gasteiger partial charge in [0.1, 0.15) is 0 Å². The Bertz CT molecular complexity index is 988. The van der Waals surface area contributed by atoms with E-state index in [-0.39, 0.29) is 35.2 Å². The van der Waals surface area contributed by atoms with Crippen molar-refractivity contribution < 1.29 is 19.8 Å². The number of nitrogens with one attached hydrogen (secondary N) is 1. The molecule has 30 heavy (non-hydrogen) atoms. The van der Waals surface area contributed by atoms with Crippen LogP contribution in [0.25, 0.3) is 0 Å². The van der Waals surface area contributed by atoms with Gasteiger partial charge in [0, 0.05) is 36.5 Å². The predicted molar refractivity (Wildman–Crippen MR) is 110 cm³/mol. The quantitative estimate of drug-likeness (QED) is 0.467. The molecule has 2 aliphatic heterocycles. The topological polar surface area (TPSA) is 102 Å². The monoisotopic (exact) mass is 409 g/mol. The minimum absolute atomic E-state index is 0.0849. The second-order valence-corrected chi connectivity index (χ2v) is 9.50. The summed E-state index contributed by atoms with van der Waals surface area (Å²) in [5.41, 5.74) is -2.09. The third-order valence-electron chi connectivity index (χ3n) is 8.51. The molecule has 0 aromatic heterocycles. The Kier molecular flexibility index (Phi) is 4.01. The van der Waals surface area contributed by atoms with Gasteiger partial charge in [-0.2, -0.15) is 0 Å². The van der Waals surface area contributed by atoms with Crippen LogP contribution in [0.5, 0.6) is 0 Å². The van der Waals surface area contributed by atoms with Crippen LogP contribution in [0, 0.1) is 40.4 Å². The second-order valence-electron chi connectivity index (χ2n) is 9.50. The van der Waals surface area contributed by atoms with Gasteiger partial charge in [0.25, 0.3) is 0 Å². The van der Waals surface area contributed by atoms with Crippen LogP contribution in [0.3, 0.4) is 0 Å². The van der Waals surface area contributed by atoms with Crippen molar-refractivity contribution in [3.05, 3.63) is 23.4 Å². The summed E-state index contributed by atoms with van der Waals surface area (Å²) in [5, 5.41) is 24.5. The molecule has 3 aliphatic carbocycles. The molecule has 2 fully saturated rings. The summed E-state index contributed by atoms with van der Waals surface area (Å²) in [4.78, 5) is 30.7. The van der Waals surface area contributed by atoms with Crippen LogP contribution in [0.15, 0.2) is 28.4 Å². The summed E-state index contributed by atoms with van der Waals surface area (Å²) >= 11 is 0. The van der Waals surface area contributed by atoms with Gasteiger partial charge in [0.15, 0.2) is 17.8 Å². The van der Waals surface area contributed by atoms with E-state index in [9.17, 15) is 19.8 Å². The van der Waals surface area contributed by atoms with Crippen molar-refractivity contribution in [1.29, 1.82) is 0 Å². The van der Waals surface area contributed by atoms with Gasteiger partial charge in [0.2, 0.25) is 0 Å². The van der Waals surface area contributed by atoms with Gasteiger partial charge in [-0.1, -0.05) is 24.8 Å². The number of carboxylic acids is 1. The second kappa shape index (κ2) is 6.21. The number of carbonyl (C=O) groups excluding carboxylic acids is 1. The third-order valence-corrected chi connectivity index (χ3v) is 8.51. The Balaban J connectivity index is 1.79. The Morgan fingerprint density at radius 1 is 1.47 bits per heavy atom. The molecule has 2 heterocycles. The molecular weight excluding hydrogens is 382 g/mol. The lowest BCUT2D eigenvalue weighted by molar-refractivity contribution is -0.140. The summed E-state index contributed by atoms with van der Waals surface area (Å²) in [6.07, 6.45) is 6.96. The molecule has 0 radical (unpaired) electrons. The number of carboxylic acid groups (broad SMARTS) is 1. The van der Waals surface area contributed by atoms with E-state index in [4.69, 9.17) is 0 Å². The zero-order valence-electron chi connectivity index (χ0n) is 17.3. The van der Waals surface area contributed by atoms with E-state index in [2.05, 4.69) is 40.0 Å². The zero-order chi connectivity index (χ0) is 21.3. The number of aliphatic hydroxyl groups is 1. The minimum Gasteiger partial charge on any atom is -0.478 e. The number of aliphatic imine (C=N–C) groups is 1. The molecule has 7 heteroatoms. The summed E-state index contributed by atoms with van der Waals surface area (Å²) in [6.45, 7) is 3.33. The van der Waals surface area contributed by atoms with Gasteiger partial charge in [-0.15, -0.1) is 0 Å². The summed E-state index contributed by atoms with van der Waals surface area (Å²) in [5.74, 6) is 6.75. The Morgan fingerprint density at radius 3 is 2.97 bits per heavy atom. The predicted octanol–water partition coefficient (Wildman–Crippen LogP) is 1.16. The molecule has 2 spiro atoms. The van der Waals surface area contributed by atoms with Crippen molar-refractivity contribution in [2.75, 3.05) is 20.1 Å². The molecule has 5 aliphatic rings. The van der Waals surface area contributed by atoms with Gasteiger partial charge in [0.05, 0.1) is 12.1 Å². The number of fused-ring (bicyclic) bond motifs is 1. The van der Waals surface area contributed by atoms with E-state index in [1.54, 1.807) is 7.05 Å².